The summed E-state index contributed by atoms with van der Waals surface area (Å²) in [7, 11) is 2.07. The SMILES string of the molecule is Cc1cccc2c1[C@@]1(C)CC(c3ccccc3)=NN(C(=O)c3ccccc3)[C@@H]1N2C. The van der Waals surface area contributed by atoms with E-state index in [0.717, 1.165) is 17.7 Å². The molecule has 0 unspecified atom stereocenters. The number of benzene rings is 3. The van der Waals surface area contributed by atoms with Gasteiger partial charge in [0.05, 0.1) is 5.71 Å². The molecule has 30 heavy (non-hydrogen) atoms. The summed E-state index contributed by atoms with van der Waals surface area (Å²) in [4.78, 5) is 15.9. The molecule has 2 atom stereocenters. The van der Waals surface area contributed by atoms with Gasteiger partial charge in [-0.05, 0) is 41.8 Å². The summed E-state index contributed by atoms with van der Waals surface area (Å²) in [6.45, 7) is 4.44. The summed E-state index contributed by atoms with van der Waals surface area (Å²) >= 11 is 0. The summed E-state index contributed by atoms with van der Waals surface area (Å²) in [5, 5.41) is 6.65. The largest absolute Gasteiger partial charge is 0.352 e. The van der Waals surface area contributed by atoms with Crippen LogP contribution in [-0.2, 0) is 5.41 Å². The summed E-state index contributed by atoms with van der Waals surface area (Å²) in [6.07, 6.45) is 0.608. The van der Waals surface area contributed by atoms with Gasteiger partial charge in [0.2, 0.25) is 0 Å². The van der Waals surface area contributed by atoms with Crippen LogP contribution in [-0.4, -0.2) is 29.8 Å². The summed E-state index contributed by atoms with van der Waals surface area (Å²) < 4.78 is 0. The van der Waals surface area contributed by atoms with Crippen molar-refractivity contribution in [3.63, 3.8) is 0 Å². The van der Waals surface area contributed by atoms with E-state index in [1.165, 1.54) is 16.8 Å². The van der Waals surface area contributed by atoms with Crippen LogP contribution in [0.3, 0.4) is 0 Å². The fraction of sp³-hybridized carbons (Fsp3) is 0.231. The lowest BCUT2D eigenvalue weighted by molar-refractivity contribution is 0.0580. The van der Waals surface area contributed by atoms with Crippen molar-refractivity contribution in [1.82, 2.24) is 5.01 Å². The fourth-order valence-electron chi connectivity index (χ4n) is 5.22. The molecule has 0 aliphatic carbocycles. The Morgan fingerprint density at radius 1 is 0.967 bits per heavy atom. The molecule has 0 saturated heterocycles. The first kappa shape index (κ1) is 18.6. The molecule has 2 heterocycles. The molecule has 0 bridgehead atoms. The normalized spacial score (nSPS) is 22.4. The van der Waals surface area contributed by atoms with Crippen LogP contribution in [0.4, 0.5) is 5.69 Å². The van der Waals surface area contributed by atoms with Crippen LogP contribution in [0, 0.1) is 6.92 Å². The Hall–Kier alpha value is -3.40. The van der Waals surface area contributed by atoms with Crippen molar-refractivity contribution in [3.8, 4) is 0 Å². The minimum Gasteiger partial charge on any atom is -0.352 e. The number of nitrogens with zero attached hydrogens (tertiary/aromatic N) is 3. The van der Waals surface area contributed by atoms with Gasteiger partial charge in [0.25, 0.3) is 5.91 Å². The maximum absolute atomic E-state index is 13.6. The molecule has 3 aromatic carbocycles. The molecule has 4 nitrogen and oxygen atoms in total. The van der Waals surface area contributed by atoms with Crippen LogP contribution >= 0.6 is 0 Å². The summed E-state index contributed by atoms with van der Waals surface area (Å²) in [5.74, 6) is -0.0720. The number of fused-ring (bicyclic) bond motifs is 3. The summed E-state index contributed by atoms with van der Waals surface area (Å²) in [6, 6.07) is 26.1. The Morgan fingerprint density at radius 3 is 2.33 bits per heavy atom. The Bertz CT molecular complexity index is 1140. The second-order valence-electron chi connectivity index (χ2n) is 8.48. The van der Waals surface area contributed by atoms with Gasteiger partial charge in [-0.25, -0.2) is 5.01 Å². The minimum absolute atomic E-state index is 0.0720. The average Bonchev–Trinajstić information content (AvgIpc) is 3.01. The number of rotatable bonds is 2. The molecule has 0 N–H and O–H groups in total. The Balaban J connectivity index is 1.70. The molecule has 3 aromatic rings. The third-order valence-corrected chi connectivity index (χ3v) is 6.47. The minimum atomic E-state index is -0.257. The highest BCUT2D eigenvalue weighted by Gasteiger charge is 2.54. The van der Waals surface area contributed by atoms with E-state index in [1.54, 1.807) is 5.01 Å². The van der Waals surface area contributed by atoms with Gasteiger partial charge < -0.3 is 4.90 Å². The highest BCUT2D eigenvalue weighted by Crippen LogP contribution is 2.51. The third kappa shape index (κ3) is 2.67. The second-order valence-corrected chi connectivity index (χ2v) is 8.48. The van der Waals surface area contributed by atoms with Crippen molar-refractivity contribution in [2.75, 3.05) is 11.9 Å². The van der Waals surface area contributed by atoms with Crippen LogP contribution in [0.5, 0.6) is 0 Å². The van der Waals surface area contributed by atoms with Crippen molar-refractivity contribution in [1.29, 1.82) is 0 Å². The van der Waals surface area contributed by atoms with E-state index in [4.69, 9.17) is 5.10 Å². The zero-order valence-electron chi connectivity index (χ0n) is 17.5. The van der Waals surface area contributed by atoms with Crippen molar-refractivity contribution in [2.24, 2.45) is 5.10 Å². The lowest BCUT2D eigenvalue weighted by Crippen LogP contribution is -2.57. The first-order chi connectivity index (χ1) is 14.5. The smallest absolute Gasteiger partial charge is 0.275 e. The van der Waals surface area contributed by atoms with Gasteiger partial charge in [-0.3, -0.25) is 4.79 Å². The number of hydrogen-bond acceptors (Lipinski definition) is 3. The van der Waals surface area contributed by atoms with Crippen molar-refractivity contribution >= 4 is 17.3 Å². The zero-order valence-corrected chi connectivity index (χ0v) is 17.5. The van der Waals surface area contributed by atoms with Gasteiger partial charge >= 0.3 is 0 Å². The van der Waals surface area contributed by atoms with Gasteiger partial charge in [-0.15, -0.1) is 0 Å². The van der Waals surface area contributed by atoms with Crippen LogP contribution in [0.2, 0.25) is 0 Å². The predicted octanol–water partition coefficient (Wildman–Crippen LogP) is 4.98. The van der Waals surface area contributed by atoms with Gasteiger partial charge in [-0.2, -0.15) is 5.10 Å². The van der Waals surface area contributed by atoms with E-state index in [-0.39, 0.29) is 17.5 Å². The quantitative estimate of drug-likeness (QED) is 0.614. The lowest BCUT2D eigenvalue weighted by Gasteiger charge is -2.44. The van der Waals surface area contributed by atoms with Crippen LogP contribution in [0.15, 0.2) is 84.0 Å². The highest BCUT2D eigenvalue weighted by molar-refractivity contribution is 6.05. The Morgan fingerprint density at radius 2 is 1.63 bits per heavy atom. The molecule has 5 rings (SSSR count). The first-order valence-electron chi connectivity index (χ1n) is 10.3. The first-order valence-corrected chi connectivity index (χ1v) is 10.3. The maximum atomic E-state index is 13.6. The van der Waals surface area contributed by atoms with Gasteiger partial charge in [0.15, 0.2) is 0 Å². The van der Waals surface area contributed by atoms with Crippen LogP contribution < -0.4 is 4.90 Å². The second kappa shape index (κ2) is 6.84. The van der Waals surface area contributed by atoms with E-state index in [9.17, 15) is 4.79 Å². The van der Waals surface area contributed by atoms with E-state index < -0.39 is 0 Å². The monoisotopic (exact) mass is 395 g/mol. The maximum Gasteiger partial charge on any atom is 0.275 e. The van der Waals surface area contributed by atoms with Crippen LogP contribution in [0.1, 0.15) is 40.4 Å². The Labute approximate surface area is 177 Å². The summed E-state index contributed by atoms with van der Waals surface area (Å²) in [5.41, 5.74) is 6.15. The van der Waals surface area contributed by atoms with Crippen LogP contribution in [0.25, 0.3) is 0 Å². The van der Waals surface area contributed by atoms with E-state index in [2.05, 4.69) is 56.1 Å². The van der Waals surface area contributed by atoms with Gasteiger partial charge in [0.1, 0.15) is 6.17 Å². The number of amides is 1. The predicted molar refractivity (Wildman–Crippen MR) is 121 cm³/mol. The topological polar surface area (TPSA) is 35.9 Å². The number of anilines is 1. The molecule has 0 radical (unpaired) electrons. The average molecular weight is 396 g/mol. The number of hydrogen-bond donors (Lipinski definition) is 0. The third-order valence-electron chi connectivity index (χ3n) is 6.47. The number of likely N-dealkylation sites (N-methyl/N-ethyl adjacent to an activating group) is 1. The standard InChI is InChI=1S/C26H25N3O/c1-18-11-10-16-22-23(18)26(2)17-21(19-12-6-4-7-13-19)27-29(25(26)28(22)3)24(30)20-14-8-5-9-15-20/h4-16,25H,17H2,1-3H3/t25-,26+/m0/s1. The van der Waals surface area contributed by atoms with Gasteiger partial charge in [-0.1, -0.05) is 67.6 Å². The molecule has 0 aromatic heterocycles. The van der Waals surface area contributed by atoms with E-state index in [0.29, 0.717) is 5.56 Å². The lowest BCUT2D eigenvalue weighted by atomic mass is 9.73. The number of hydrazone groups is 1. The molecule has 2 aliphatic rings. The number of carbonyl (C=O) groups is 1. The van der Waals surface area contributed by atoms with Crippen molar-refractivity contribution in [3.05, 3.63) is 101 Å². The molecule has 0 saturated carbocycles. The zero-order chi connectivity index (χ0) is 20.9. The highest BCUT2D eigenvalue weighted by atomic mass is 16.2. The molecule has 4 heteroatoms. The van der Waals surface area contributed by atoms with Crippen molar-refractivity contribution < 1.29 is 4.79 Å². The molecular formula is C26H25N3O. The van der Waals surface area contributed by atoms with Gasteiger partial charge in [0, 0.05) is 30.1 Å². The fourth-order valence-corrected chi connectivity index (χ4v) is 5.22. The number of carbonyl (C=O) groups excluding carboxylic acids is 1. The molecule has 0 fully saturated rings. The molecule has 2 aliphatic heterocycles. The Kier molecular flexibility index (Phi) is 4.24. The molecule has 1 amide bonds. The van der Waals surface area contributed by atoms with E-state index >= 15 is 0 Å². The van der Waals surface area contributed by atoms with Crippen molar-refractivity contribution in [2.45, 2.75) is 31.8 Å². The molecule has 0 spiro atoms. The van der Waals surface area contributed by atoms with E-state index in [1.807, 2.05) is 48.5 Å². The number of aryl methyl sites for hydroxylation is 1. The molecule has 150 valence electrons. The molecular weight excluding hydrogens is 370 g/mol.